The van der Waals surface area contributed by atoms with Crippen LogP contribution in [0.4, 0.5) is 0 Å². The fourth-order valence-electron chi connectivity index (χ4n) is 2.88. The Kier molecular flexibility index (Phi) is 7.20. The molecule has 108 valence electrons. The average Bonchev–Trinajstić information content (AvgIpc) is 2.33. The van der Waals surface area contributed by atoms with Gasteiger partial charge in [0.2, 0.25) is 0 Å². The van der Waals surface area contributed by atoms with E-state index in [2.05, 4.69) is 37.7 Å². The predicted molar refractivity (Wildman–Crippen MR) is 77.7 cm³/mol. The Morgan fingerprint density at radius 1 is 1.39 bits per heavy atom. The van der Waals surface area contributed by atoms with Gasteiger partial charge in [-0.3, -0.25) is 0 Å². The van der Waals surface area contributed by atoms with Gasteiger partial charge >= 0.3 is 0 Å². The number of likely N-dealkylation sites (tertiary alicyclic amines) is 1. The van der Waals surface area contributed by atoms with Crippen LogP contribution in [0, 0.1) is 17.8 Å². The van der Waals surface area contributed by atoms with Crippen LogP contribution in [0.2, 0.25) is 0 Å². The molecule has 3 nitrogen and oxygen atoms in total. The molecular weight excluding hydrogens is 224 g/mol. The first-order chi connectivity index (χ1) is 8.52. The van der Waals surface area contributed by atoms with Gasteiger partial charge in [-0.15, -0.1) is 0 Å². The van der Waals surface area contributed by atoms with Gasteiger partial charge in [0.25, 0.3) is 0 Å². The summed E-state index contributed by atoms with van der Waals surface area (Å²) in [5, 5.41) is 9.36. The van der Waals surface area contributed by atoms with Gasteiger partial charge in [0.05, 0.1) is 0 Å². The molecule has 0 radical (unpaired) electrons. The molecule has 18 heavy (non-hydrogen) atoms. The summed E-state index contributed by atoms with van der Waals surface area (Å²) in [6, 6.07) is 0. The van der Waals surface area contributed by atoms with Gasteiger partial charge in [-0.25, -0.2) is 0 Å². The monoisotopic (exact) mass is 256 g/mol. The van der Waals surface area contributed by atoms with Gasteiger partial charge in [0, 0.05) is 19.7 Å². The lowest BCUT2D eigenvalue weighted by Crippen LogP contribution is -2.36. The van der Waals surface area contributed by atoms with E-state index in [1.54, 1.807) is 0 Å². The Bertz CT molecular complexity index is 221. The molecule has 2 unspecified atom stereocenters. The van der Waals surface area contributed by atoms with Crippen LogP contribution in [0.15, 0.2) is 0 Å². The van der Waals surface area contributed by atoms with E-state index in [1.165, 1.54) is 38.9 Å². The molecule has 1 N–H and O–H groups in total. The Balaban J connectivity index is 2.21. The van der Waals surface area contributed by atoms with Crippen LogP contribution in [0.1, 0.15) is 33.1 Å². The van der Waals surface area contributed by atoms with Crippen molar-refractivity contribution in [3.63, 3.8) is 0 Å². The highest BCUT2D eigenvalue weighted by Crippen LogP contribution is 2.19. The maximum atomic E-state index is 9.36. The van der Waals surface area contributed by atoms with Crippen molar-refractivity contribution >= 4 is 0 Å². The van der Waals surface area contributed by atoms with Gasteiger partial charge in [-0.05, 0) is 64.2 Å². The standard InChI is InChI=1S/C15H32N2O/c1-13(2)15(12-18)11-17(4)9-7-14-6-5-8-16(3)10-14/h13-15,18H,5-12H2,1-4H3. The second-order valence-electron chi connectivity index (χ2n) is 6.51. The molecule has 1 heterocycles. The first kappa shape index (κ1) is 15.9. The van der Waals surface area contributed by atoms with Crippen LogP contribution in [-0.4, -0.2) is 61.8 Å². The zero-order valence-corrected chi connectivity index (χ0v) is 12.7. The normalized spacial score (nSPS) is 23.8. The first-order valence-corrected chi connectivity index (χ1v) is 7.50. The largest absolute Gasteiger partial charge is 0.396 e. The zero-order chi connectivity index (χ0) is 13.5. The first-order valence-electron chi connectivity index (χ1n) is 7.50. The van der Waals surface area contributed by atoms with Crippen LogP contribution in [0.25, 0.3) is 0 Å². The van der Waals surface area contributed by atoms with E-state index in [1.807, 2.05) is 0 Å². The number of hydrogen-bond acceptors (Lipinski definition) is 3. The molecule has 1 aliphatic heterocycles. The van der Waals surface area contributed by atoms with Gasteiger partial charge < -0.3 is 14.9 Å². The van der Waals surface area contributed by atoms with E-state index in [0.29, 0.717) is 18.4 Å². The van der Waals surface area contributed by atoms with E-state index < -0.39 is 0 Å². The molecule has 0 aliphatic carbocycles. The van der Waals surface area contributed by atoms with Crippen LogP contribution in [-0.2, 0) is 0 Å². The minimum Gasteiger partial charge on any atom is -0.396 e. The SMILES string of the molecule is CC(C)C(CO)CN(C)CCC1CCCN(C)C1. The van der Waals surface area contributed by atoms with Gasteiger partial charge in [0.1, 0.15) is 0 Å². The topological polar surface area (TPSA) is 26.7 Å². The van der Waals surface area contributed by atoms with Crippen molar-refractivity contribution in [2.24, 2.45) is 17.8 Å². The second kappa shape index (κ2) is 8.13. The molecule has 1 saturated heterocycles. The lowest BCUT2D eigenvalue weighted by Gasteiger charge is -2.31. The number of rotatable bonds is 7. The Labute approximate surface area is 113 Å². The molecular formula is C15H32N2O. The fraction of sp³-hybridized carbons (Fsp3) is 1.00. The quantitative estimate of drug-likeness (QED) is 0.754. The maximum Gasteiger partial charge on any atom is 0.0473 e. The smallest absolute Gasteiger partial charge is 0.0473 e. The number of aliphatic hydroxyl groups is 1. The summed E-state index contributed by atoms with van der Waals surface area (Å²) < 4.78 is 0. The lowest BCUT2D eigenvalue weighted by atomic mass is 9.94. The number of aliphatic hydroxyl groups excluding tert-OH is 1. The van der Waals surface area contributed by atoms with E-state index in [-0.39, 0.29) is 0 Å². The van der Waals surface area contributed by atoms with E-state index in [9.17, 15) is 5.11 Å². The lowest BCUT2D eigenvalue weighted by molar-refractivity contribution is 0.135. The highest BCUT2D eigenvalue weighted by Gasteiger charge is 2.19. The molecule has 1 aliphatic rings. The Morgan fingerprint density at radius 2 is 2.11 bits per heavy atom. The second-order valence-corrected chi connectivity index (χ2v) is 6.51. The molecule has 0 aromatic rings. The fourth-order valence-corrected chi connectivity index (χ4v) is 2.88. The van der Waals surface area contributed by atoms with Crippen molar-refractivity contribution in [2.75, 3.05) is 46.9 Å². The van der Waals surface area contributed by atoms with Gasteiger partial charge in [0.15, 0.2) is 0 Å². The third-order valence-electron chi connectivity index (χ3n) is 4.36. The van der Waals surface area contributed by atoms with Crippen molar-refractivity contribution in [3.8, 4) is 0 Å². The minimum absolute atomic E-state index is 0.314. The average molecular weight is 256 g/mol. The third kappa shape index (κ3) is 5.68. The molecule has 0 bridgehead atoms. The summed E-state index contributed by atoms with van der Waals surface area (Å²) in [6.07, 6.45) is 4.05. The molecule has 0 spiro atoms. The van der Waals surface area contributed by atoms with Gasteiger partial charge in [-0.2, -0.15) is 0 Å². The summed E-state index contributed by atoms with van der Waals surface area (Å²) in [7, 11) is 4.42. The Hall–Kier alpha value is -0.120. The summed E-state index contributed by atoms with van der Waals surface area (Å²) in [4.78, 5) is 4.86. The van der Waals surface area contributed by atoms with Crippen molar-refractivity contribution in [1.29, 1.82) is 0 Å². The van der Waals surface area contributed by atoms with Crippen molar-refractivity contribution in [2.45, 2.75) is 33.1 Å². The molecule has 3 heteroatoms. The highest BCUT2D eigenvalue weighted by molar-refractivity contribution is 4.73. The summed E-state index contributed by atoms with van der Waals surface area (Å²) in [5.74, 6) is 1.86. The molecule has 0 aromatic heterocycles. The maximum absolute atomic E-state index is 9.36. The summed E-state index contributed by atoms with van der Waals surface area (Å²) in [5.41, 5.74) is 0. The van der Waals surface area contributed by atoms with Crippen LogP contribution in [0.3, 0.4) is 0 Å². The number of nitrogens with zero attached hydrogens (tertiary/aromatic N) is 2. The summed E-state index contributed by atoms with van der Waals surface area (Å²) >= 11 is 0. The highest BCUT2D eigenvalue weighted by atomic mass is 16.3. The van der Waals surface area contributed by atoms with Crippen molar-refractivity contribution in [1.82, 2.24) is 9.80 Å². The van der Waals surface area contributed by atoms with Gasteiger partial charge in [-0.1, -0.05) is 13.8 Å². The zero-order valence-electron chi connectivity index (χ0n) is 12.7. The predicted octanol–water partition coefficient (Wildman–Crippen LogP) is 1.91. The minimum atomic E-state index is 0.314. The van der Waals surface area contributed by atoms with Crippen molar-refractivity contribution in [3.05, 3.63) is 0 Å². The summed E-state index contributed by atoms with van der Waals surface area (Å²) in [6.45, 7) is 9.44. The van der Waals surface area contributed by atoms with Crippen molar-refractivity contribution < 1.29 is 5.11 Å². The molecule has 0 amide bonds. The number of piperidine rings is 1. The number of hydrogen-bond donors (Lipinski definition) is 1. The van der Waals surface area contributed by atoms with E-state index >= 15 is 0 Å². The molecule has 0 aromatic carbocycles. The molecule has 1 fully saturated rings. The van der Waals surface area contributed by atoms with E-state index in [0.717, 1.165) is 12.5 Å². The van der Waals surface area contributed by atoms with E-state index in [4.69, 9.17) is 0 Å². The van der Waals surface area contributed by atoms with Crippen LogP contribution < -0.4 is 0 Å². The molecule has 0 saturated carbocycles. The van der Waals surface area contributed by atoms with Crippen LogP contribution in [0.5, 0.6) is 0 Å². The molecule has 1 rings (SSSR count). The molecule has 2 atom stereocenters. The van der Waals surface area contributed by atoms with Crippen LogP contribution >= 0.6 is 0 Å². The third-order valence-corrected chi connectivity index (χ3v) is 4.36. The Morgan fingerprint density at radius 3 is 2.67 bits per heavy atom.